The normalized spacial score (nSPS) is 16.8. The topological polar surface area (TPSA) is 70.5 Å². The van der Waals surface area contributed by atoms with Gasteiger partial charge in [-0.25, -0.2) is 4.98 Å². The number of fused-ring (bicyclic) bond motifs is 1. The summed E-state index contributed by atoms with van der Waals surface area (Å²) < 4.78 is 0.972. The first kappa shape index (κ1) is 19.2. The van der Waals surface area contributed by atoms with Crippen LogP contribution in [-0.4, -0.2) is 21.8 Å². The maximum Gasteiger partial charge on any atom is 0.296 e. The number of nitrogens with zero attached hydrogens (tertiary/aromatic N) is 2. The number of anilines is 1. The number of aromatic nitrogens is 1. The van der Waals surface area contributed by atoms with E-state index in [4.69, 9.17) is 0 Å². The number of rotatable bonds is 5. The van der Waals surface area contributed by atoms with Crippen molar-refractivity contribution in [3.05, 3.63) is 79.9 Å². The minimum absolute atomic E-state index is 0.110. The molecule has 1 amide bonds. The third-order valence-electron chi connectivity index (χ3n) is 5.07. The molecule has 0 saturated heterocycles. The van der Waals surface area contributed by atoms with E-state index in [-0.39, 0.29) is 11.4 Å². The Morgan fingerprint density at radius 2 is 1.97 bits per heavy atom. The molecule has 0 aliphatic carbocycles. The van der Waals surface area contributed by atoms with Crippen LogP contribution in [0.2, 0.25) is 0 Å². The Hall–Kier alpha value is -2.81. The molecule has 5 rings (SSSR count). The number of benzene rings is 1. The SMILES string of the molecule is CCc1ccc2nc(N3C(=O)C(O)=C(C(=O)c4cccs4)[C@H]3c3cccs3)sc2c1. The van der Waals surface area contributed by atoms with Crippen molar-refractivity contribution < 1.29 is 14.7 Å². The molecule has 4 heterocycles. The van der Waals surface area contributed by atoms with Crippen LogP contribution in [0.15, 0.2) is 64.6 Å². The molecule has 4 aromatic rings. The highest BCUT2D eigenvalue weighted by atomic mass is 32.1. The maximum absolute atomic E-state index is 13.2. The summed E-state index contributed by atoms with van der Waals surface area (Å²) in [7, 11) is 0. The predicted molar refractivity (Wildman–Crippen MR) is 122 cm³/mol. The van der Waals surface area contributed by atoms with Crippen molar-refractivity contribution in [3.8, 4) is 0 Å². The number of aliphatic hydroxyl groups is 1. The van der Waals surface area contributed by atoms with Gasteiger partial charge in [0.05, 0.1) is 20.7 Å². The van der Waals surface area contributed by atoms with Crippen LogP contribution in [0, 0.1) is 0 Å². The van der Waals surface area contributed by atoms with E-state index in [0.717, 1.165) is 21.5 Å². The fourth-order valence-corrected chi connectivity index (χ4v) is 6.13. The summed E-state index contributed by atoms with van der Waals surface area (Å²) in [6.07, 6.45) is 0.908. The lowest BCUT2D eigenvalue weighted by Crippen LogP contribution is -2.30. The number of Topliss-reactive ketones (excluding diaryl/α,β-unsaturated/α-hetero) is 1. The molecule has 0 unspecified atom stereocenters. The number of carbonyl (C=O) groups excluding carboxylic acids is 2. The second-order valence-electron chi connectivity index (χ2n) is 6.81. The molecule has 0 saturated carbocycles. The number of hydrogen-bond acceptors (Lipinski definition) is 7. The number of thiazole rings is 1. The molecule has 1 N–H and O–H groups in total. The summed E-state index contributed by atoms with van der Waals surface area (Å²) in [6.45, 7) is 2.09. The van der Waals surface area contributed by atoms with E-state index in [0.29, 0.717) is 10.0 Å². The number of aryl methyl sites for hydroxylation is 1. The lowest BCUT2D eigenvalue weighted by atomic mass is 10.0. The van der Waals surface area contributed by atoms with E-state index >= 15 is 0 Å². The molecule has 1 aliphatic heterocycles. The summed E-state index contributed by atoms with van der Waals surface area (Å²) >= 11 is 4.13. The van der Waals surface area contributed by atoms with Gasteiger partial charge in [-0.1, -0.05) is 36.5 Å². The number of ketones is 1. The van der Waals surface area contributed by atoms with Gasteiger partial charge in [-0.05, 0) is 47.0 Å². The summed E-state index contributed by atoms with van der Waals surface area (Å²) in [5.74, 6) is -1.42. The van der Waals surface area contributed by atoms with Gasteiger partial charge in [0.15, 0.2) is 10.9 Å². The quantitative estimate of drug-likeness (QED) is 0.391. The number of aliphatic hydroxyl groups excluding tert-OH is 1. The second-order valence-corrected chi connectivity index (χ2v) is 9.75. The Labute approximate surface area is 184 Å². The fourth-order valence-electron chi connectivity index (χ4n) is 3.57. The first-order valence-electron chi connectivity index (χ1n) is 9.36. The third-order valence-corrected chi connectivity index (χ3v) is 7.88. The molecule has 8 heteroatoms. The molecule has 3 aromatic heterocycles. The van der Waals surface area contributed by atoms with Crippen LogP contribution in [0.5, 0.6) is 0 Å². The number of thiophene rings is 2. The van der Waals surface area contributed by atoms with Crippen LogP contribution in [0.4, 0.5) is 5.13 Å². The summed E-state index contributed by atoms with van der Waals surface area (Å²) in [6, 6.07) is 12.6. The van der Waals surface area contributed by atoms with Crippen molar-refractivity contribution >= 4 is 61.0 Å². The van der Waals surface area contributed by atoms with Crippen LogP contribution in [0.3, 0.4) is 0 Å². The average Bonchev–Trinajstić information content (AvgIpc) is 3.54. The Kier molecular flexibility index (Phi) is 4.77. The molecule has 0 fully saturated rings. The minimum atomic E-state index is -0.696. The summed E-state index contributed by atoms with van der Waals surface area (Å²) in [5.41, 5.74) is 2.09. The van der Waals surface area contributed by atoms with E-state index in [1.165, 1.54) is 44.5 Å². The monoisotopic (exact) mass is 452 g/mol. The van der Waals surface area contributed by atoms with Gasteiger partial charge in [0, 0.05) is 4.88 Å². The molecule has 0 bridgehead atoms. The van der Waals surface area contributed by atoms with Crippen molar-refractivity contribution in [1.29, 1.82) is 0 Å². The highest BCUT2D eigenvalue weighted by molar-refractivity contribution is 7.22. The third kappa shape index (κ3) is 2.99. The van der Waals surface area contributed by atoms with Gasteiger partial charge in [-0.15, -0.1) is 22.7 Å². The molecule has 1 aliphatic rings. The fraction of sp³-hybridized carbons (Fsp3) is 0.136. The standard InChI is InChI=1S/C22H16N2O3S3/c1-2-12-7-8-13-16(11-12)30-22(23-13)24-18(14-5-3-9-28-14)17(20(26)21(24)27)19(25)15-6-4-10-29-15/h3-11,18,26H,2H2,1H3/t18-/m1/s1. The Morgan fingerprint density at radius 3 is 2.67 bits per heavy atom. The van der Waals surface area contributed by atoms with E-state index in [1.54, 1.807) is 17.5 Å². The first-order valence-corrected chi connectivity index (χ1v) is 11.9. The van der Waals surface area contributed by atoms with Gasteiger partial charge in [0.2, 0.25) is 5.78 Å². The Bertz CT molecular complexity index is 1290. The highest BCUT2D eigenvalue weighted by Crippen LogP contribution is 2.45. The van der Waals surface area contributed by atoms with Crippen molar-refractivity contribution in [3.63, 3.8) is 0 Å². The zero-order valence-electron chi connectivity index (χ0n) is 15.9. The summed E-state index contributed by atoms with van der Waals surface area (Å²) in [5, 5.41) is 14.9. The molecule has 150 valence electrons. The molecule has 30 heavy (non-hydrogen) atoms. The molecular formula is C22H16N2O3S3. The van der Waals surface area contributed by atoms with Gasteiger partial charge in [-0.3, -0.25) is 14.5 Å². The minimum Gasteiger partial charge on any atom is -0.503 e. The number of carbonyl (C=O) groups is 2. The number of hydrogen-bond donors (Lipinski definition) is 1. The lowest BCUT2D eigenvalue weighted by Gasteiger charge is -2.22. The largest absolute Gasteiger partial charge is 0.503 e. The van der Waals surface area contributed by atoms with Gasteiger partial charge >= 0.3 is 0 Å². The van der Waals surface area contributed by atoms with Crippen molar-refractivity contribution in [1.82, 2.24) is 4.98 Å². The smallest absolute Gasteiger partial charge is 0.296 e. The van der Waals surface area contributed by atoms with Crippen molar-refractivity contribution in [2.45, 2.75) is 19.4 Å². The lowest BCUT2D eigenvalue weighted by molar-refractivity contribution is -0.117. The zero-order valence-corrected chi connectivity index (χ0v) is 18.3. The van der Waals surface area contributed by atoms with Crippen LogP contribution < -0.4 is 4.90 Å². The van der Waals surface area contributed by atoms with E-state index in [1.807, 2.05) is 29.6 Å². The van der Waals surface area contributed by atoms with Gasteiger partial charge in [0.25, 0.3) is 5.91 Å². The average molecular weight is 453 g/mol. The van der Waals surface area contributed by atoms with E-state index < -0.39 is 17.7 Å². The molecule has 0 radical (unpaired) electrons. The maximum atomic E-state index is 13.2. The Balaban J connectivity index is 1.65. The van der Waals surface area contributed by atoms with Crippen LogP contribution >= 0.6 is 34.0 Å². The van der Waals surface area contributed by atoms with Crippen LogP contribution in [0.25, 0.3) is 10.2 Å². The van der Waals surface area contributed by atoms with Crippen molar-refractivity contribution in [2.75, 3.05) is 4.90 Å². The molecule has 1 atom stereocenters. The molecule has 1 aromatic carbocycles. The van der Waals surface area contributed by atoms with Gasteiger partial charge < -0.3 is 5.11 Å². The number of amides is 1. The second kappa shape index (κ2) is 7.46. The predicted octanol–water partition coefficient (Wildman–Crippen LogP) is 5.76. The van der Waals surface area contributed by atoms with Crippen molar-refractivity contribution in [2.24, 2.45) is 0 Å². The molecule has 0 spiro atoms. The summed E-state index contributed by atoms with van der Waals surface area (Å²) in [4.78, 5) is 33.7. The first-order chi connectivity index (χ1) is 14.6. The van der Waals surface area contributed by atoms with Crippen LogP contribution in [-0.2, 0) is 11.2 Å². The van der Waals surface area contributed by atoms with E-state index in [2.05, 4.69) is 18.0 Å². The highest BCUT2D eigenvalue weighted by Gasteiger charge is 2.46. The zero-order chi connectivity index (χ0) is 20.8. The van der Waals surface area contributed by atoms with Crippen LogP contribution in [0.1, 0.15) is 33.1 Å². The van der Waals surface area contributed by atoms with Gasteiger partial charge in [-0.2, -0.15) is 0 Å². The van der Waals surface area contributed by atoms with Gasteiger partial charge in [0.1, 0.15) is 6.04 Å². The molecular weight excluding hydrogens is 436 g/mol. The van der Waals surface area contributed by atoms with E-state index in [9.17, 15) is 14.7 Å². The molecule has 5 nitrogen and oxygen atoms in total. The Morgan fingerprint density at radius 1 is 1.17 bits per heavy atom.